The maximum Gasteiger partial charge on any atom is 0.337 e. The van der Waals surface area contributed by atoms with E-state index in [1.807, 2.05) is 0 Å². The average Bonchev–Trinajstić information content (AvgIpc) is 2.47. The SMILES string of the molecule is COc1ccc(C(=O)O)c(Nc2ccccc2C(=O)O)c1. The smallest absolute Gasteiger partial charge is 0.337 e. The molecule has 6 nitrogen and oxygen atoms in total. The van der Waals surface area contributed by atoms with E-state index in [0.717, 1.165) is 0 Å². The highest BCUT2D eigenvalue weighted by Gasteiger charge is 2.14. The molecule has 6 heteroatoms. The maximum absolute atomic E-state index is 11.2. The van der Waals surface area contributed by atoms with Gasteiger partial charge in [-0.3, -0.25) is 0 Å². The summed E-state index contributed by atoms with van der Waals surface area (Å²) in [6.45, 7) is 0. The molecule has 0 radical (unpaired) electrons. The van der Waals surface area contributed by atoms with Crippen LogP contribution in [-0.2, 0) is 0 Å². The Kier molecular flexibility index (Phi) is 4.08. The molecular weight excluding hydrogens is 274 g/mol. The fraction of sp³-hybridized carbons (Fsp3) is 0.0667. The summed E-state index contributed by atoms with van der Waals surface area (Å²) in [6.07, 6.45) is 0. The molecule has 0 unspecified atom stereocenters. The van der Waals surface area contributed by atoms with Gasteiger partial charge in [0.2, 0.25) is 0 Å². The van der Waals surface area contributed by atoms with Crippen LogP contribution in [0.25, 0.3) is 0 Å². The van der Waals surface area contributed by atoms with Gasteiger partial charge < -0.3 is 20.3 Å². The number of anilines is 2. The third-order valence-corrected chi connectivity index (χ3v) is 2.88. The van der Waals surface area contributed by atoms with Gasteiger partial charge in [0.15, 0.2) is 0 Å². The molecule has 2 aromatic carbocycles. The van der Waals surface area contributed by atoms with Crippen LogP contribution in [0.3, 0.4) is 0 Å². The number of carbonyl (C=O) groups is 2. The van der Waals surface area contributed by atoms with Gasteiger partial charge in [0.05, 0.1) is 29.6 Å². The molecule has 0 aliphatic carbocycles. The number of para-hydroxylation sites is 1. The molecule has 0 amide bonds. The summed E-state index contributed by atoms with van der Waals surface area (Å²) >= 11 is 0. The first-order chi connectivity index (χ1) is 10.0. The maximum atomic E-state index is 11.2. The van der Waals surface area contributed by atoms with E-state index < -0.39 is 11.9 Å². The minimum Gasteiger partial charge on any atom is -0.497 e. The van der Waals surface area contributed by atoms with Crippen molar-refractivity contribution in [1.82, 2.24) is 0 Å². The second-order valence-electron chi connectivity index (χ2n) is 4.19. The van der Waals surface area contributed by atoms with Crippen LogP contribution in [0, 0.1) is 0 Å². The largest absolute Gasteiger partial charge is 0.497 e. The van der Waals surface area contributed by atoms with Crippen LogP contribution in [0.5, 0.6) is 5.75 Å². The van der Waals surface area contributed by atoms with E-state index in [2.05, 4.69) is 5.32 Å². The Hall–Kier alpha value is -3.02. The number of hydrogen-bond donors (Lipinski definition) is 3. The fourth-order valence-corrected chi connectivity index (χ4v) is 1.86. The standard InChI is InChI=1S/C15H13NO5/c1-21-9-6-7-11(15(19)20)13(8-9)16-12-5-3-2-4-10(12)14(17)18/h2-8,16H,1H3,(H,17,18)(H,19,20). The minimum atomic E-state index is -1.12. The summed E-state index contributed by atoms with van der Waals surface area (Å²) in [7, 11) is 1.46. The van der Waals surface area contributed by atoms with E-state index in [-0.39, 0.29) is 16.8 Å². The zero-order valence-electron chi connectivity index (χ0n) is 11.2. The van der Waals surface area contributed by atoms with Crippen molar-refractivity contribution in [3.8, 4) is 5.75 Å². The van der Waals surface area contributed by atoms with Gasteiger partial charge in [-0.05, 0) is 24.3 Å². The predicted molar refractivity (Wildman–Crippen MR) is 76.6 cm³/mol. The summed E-state index contributed by atoms with van der Waals surface area (Å²) in [5.41, 5.74) is 0.643. The average molecular weight is 287 g/mol. The molecular formula is C15H13NO5. The first-order valence-corrected chi connectivity index (χ1v) is 6.03. The van der Waals surface area contributed by atoms with Gasteiger partial charge in [0, 0.05) is 6.07 Å². The highest BCUT2D eigenvalue weighted by Crippen LogP contribution is 2.27. The van der Waals surface area contributed by atoms with Crippen LogP contribution in [0.4, 0.5) is 11.4 Å². The molecule has 0 saturated heterocycles. The second kappa shape index (κ2) is 5.96. The van der Waals surface area contributed by atoms with E-state index in [1.165, 1.54) is 31.4 Å². The summed E-state index contributed by atoms with van der Waals surface area (Å²) in [5, 5.41) is 21.2. The summed E-state index contributed by atoms with van der Waals surface area (Å²) < 4.78 is 5.06. The van der Waals surface area contributed by atoms with Crippen LogP contribution < -0.4 is 10.1 Å². The Morgan fingerprint density at radius 2 is 1.57 bits per heavy atom. The Balaban J connectivity index is 2.48. The van der Waals surface area contributed by atoms with Crippen molar-refractivity contribution in [1.29, 1.82) is 0 Å². The second-order valence-corrected chi connectivity index (χ2v) is 4.19. The Labute approximate surface area is 120 Å². The lowest BCUT2D eigenvalue weighted by Gasteiger charge is -2.13. The first kappa shape index (κ1) is 14.4. The number of nitrogens with one attached hydrogen (secondary N) is 1. The van der Waals surface area contributed by atoms with Crippen LogP contribution >= 0.6 is 0 Å². The normalized spacial score (nSPS) is 9.95. The molecule has 0 aliphatic rings. The summed E-state index contributed by atoms with van der Waals surface area (Å²) in [6, 6.07) is 10.7. The predicted octanol–water partition coefficient (Wildman–Crippen LogP) is 2.84. The molecule has 0 bridgehead atoms. The first-order valence-electron chi connectivity index (χ1n) is 6.03. The molecule has 21 heavy (non-hydrogen) atoms. The zero-order chi connectivity index (χ0) is 15.4. The molecule has 3 N–H and O–H groups in total. The molecule has 0 aliphatic heterocycles. The molecule has 0 spiro atoms. The third kappa shape index (κ3) is 3.11. The van der Waals surface area contributed by atoms with E-state index in [1.54, 1.807) is 18.2 Å². The van der Waals surface area contributed by atoms with Gasteiger partial charge in [0.1, 0.15) is 5.75 Å². The lowest BCUT2D eigenvalue weighted by Crippen LogP contribution is -2.06. The Morgan fingerprint density at radius 3 is 2.19 bits per heavy atom. The highest BCUT2D eigenvalue weighted by molar-refractivity contribution is 5.99. The quantitative estimate of drug-likeness (QED) is 0.782. The number of methoxy groups -OCH3 is 1. The highest BCUT2D eigenvalue weighted by atomic mass is 16.5. The Morgan fingerprint density at radius 1 is 0.952 bits per heavy atom. The van der Waals surface area contributed by atoms with Crippen LogP contribution in [0.15, 0.2) is 42.5 Å². The van der Waals surface area contributed by atoms with E-state index >= 15 is 0 Å². The van der Waals surface area contributed by atoms with E-state index in [4.69, 9.17) is 9.84 Å². The number of aromatic carboxylic acids is 2. The zero-order valence-corrected chi connectivity index (χ0v) is 11.2. The van der Waals surface area contributed by atoms with Crippen LogP contribution in [0.2, 0.25) is 0 Å². The van der Waals surface area contributed by atoms with Crippen molar-refractivity contribution in [2.24, 2.45) is 0 Å². The van der Waals surface area contributed by atoms with Gasteiger partial charge >= 0.3 is 11.9 Å². The molecule has 0 atom stereocenters. The van der Waals surface area contributed by atoms with Crippen molar-refractivity contribution < 1.29 is 24.5 Å². The van der Waals surface area contributed by atoms with E-state index in [9.17, 15) is 14.7 Å². The number of carboxylic acids is 2. The van der Waals surface area contributed by atoms with E-state index in [0.29, 0.717) is 11.4 Å². The van der Waals surface area contributed by atoms with Gasteiger partial charge in [-0.2, -0.15) is 0 Å². The molecule has 0 saturated carbocycles. The molecule has 2 rings (SSSR count). The molecule has 2 aromatic rings. The molecule has 0 heterocycles. The topological polar surface area (TPSA) is 95.9 Å². The fourth-order valence-electron chi connectivity index (χ4n) is 1.86. The Bertz CT molecular complexity index is 696. The van der Waals surface area contributed by atoms with Gasteiger partial charge in [-0.15, -0.1) is 0 Å². The monoisotopic (exact) mass is 287 g/mol. The van der Waals surface area contributed by atoms with Crippen molar-refractivity contribution in [2.45, 2.75) is 0 Å². The van der Waals surface area contributed by atoms with Crippen molar-refractivity contribution in [2.75, 3.05) is 12.4 Å². The van der Waals surface area contributed by atoms with Gasteiger partial charge in [-0.25, -0.2) is 9.59 Å². The van der Waals surface area contributed by atoms with Gasteiger partial charge in [0.25, 0.3) is 0 Å². The lowest BCUT2D eigenvalue weighted by molar-refractivity contribution is 0.0688. The van der Waals surface area contributed by atoms with Gasteiger partial charge in [-0.1, -0.05) is 12.1 Å². The molecule has 0 aromatic heterocycles. The number of ether oxygens (including phenoxy) is 1. The summed E-state index contributed by atoms with van der Waals surface area (Å²) in [4.78, 5) is 22.4. The molecule has 108 valence electrons. The van der Waals surface area contributed by atoms with Crippen molar-refractivity contribution in [3.05, 3.63) is 53.6 Å². The molecule has 0 fully saturated rings. The number of benzene rings is 2. The minimum absolute atomic E-state index is 0.0241. The number of hydrogen-bond acceptors (Lipinski definition) is 4. The summed E-state index contributed by atoms with van der Waals surface area (Å²) in [5.74, 6) is -1.75. The van der Waals surface area contributed by atoms with Crippen LogP contribution in [0.1, 0.15) is 20.7 Å². The van der Waals surface area contributed by atoms with Crippen molar-refractivity contribution in [3.63, 3.8) is 0 Å². The lowest BCUT2D eigenvalue weighted by atomic mass is 10.1. The van der Waals surface area contributed by atoms with Crippen LogP contribution in [-0.4, -0.2) is 29.3 Å². The number of rotatable bonds is 5. The third-order valence-electron chi connectivity index (χ3n) is 2.88. The van der Waals surface area contributed by atoms with Crippen molar-refractivity contribution >= 4 is 23.3 Å². The number of carboxylic acid groups (broad SMARTS) is 2.